The van der Waals surface area contributed by atoms with Gasteiger partial charge in [-0.05, 0) is 20.4 Å². The summed E-state index contributed by atoms with van der Waals surface area (Å²) in [7, 11) is 3.96. The van der Waals surface area contributed by atoms with Crippen molar-refractivity contribution >= 4 is 5.82 Å². The SMILES string of the molecule is CCC(C)N(C)Cc1cnc(NC)cn1. The molecule has 0 aliphatic rings. The average molecular weight is 208 g/mol. The molecule has 0 aliphatic carbocycles. The molecule has 84 valence electrons. The molecule has 0 saturated carbocycles. The predicted octanol–water partition coefficient (Wildman–Crippen LogP) is 1.75. The molecule has 1 aromatic rings. The van der Waals surface area contributed by atoms with Crippen molar-refractivity contribution in [3.05, 3.63) is 18.1 Å². The summed E-state index contributed by atoms with van der Waals surface area (Å²) in [6.07, 6.45) is 4.74. The van der Waals surface area contributed by atoms with Gasteiger partial charge in [0.25, 0.3) is 0 Å². The van der Waals surface area contributed by atoms with Crippen LogP contribution in [-0.2, 0) is 6.54 Å². The van der Waals surface area contributed by atoms with Crippen LogP contribution in [0.15, 0.2) is 12.4 Å². The van der Waals surface area contributed by atoms with E-state index in [4.69, 9.17) is 0 Å². The number of aromatic nitrogens is 2. The normalized spacial score (nSPS) is 12.9. The van der Waals surface area contributed by atoms with Gasteiger partial charge in [-0.25, -0.2) is 4.98 Å². The molecule has 1 rings (SSSR count). The van der Waals surface area contributed by atoms with Gasteiger partial charge in [0.05, 0.1) is 18.1 Å². The molecule has 4 heteroatoms. The van der Waals surface area contributed by atoms with Crippen molar-refractivity contribution in [3.8, 4) is 0 Å². The van der Waals surface area contributed by atoms with Gasteiger partial charge in [-0.2, -0.15) is 0 Å². The van der Waals surface area contributed by atoms with Gasteiger partial charge in [0.1, 0.15) is 5.82 Å². The van der Waals surface area contributed by atoms with Gasteiger partial charge >= 0.3 is 0 Å². The maximum absolute atomic E-state index is 4.34. The second-order valence-corrected chi connectivity index (χ2v) is 3.82. The molecule has 1 heterocycles. The zero-order chi connectivity index (χ0) is 11.3. The van der Waals surface area contributed by atoms with Crippen molar-refractivity contribution < 1.29 is 0 Å². The minimum absolute atomic E-state index is 0.579. The standard InChI is InChI=1S/C11H20N4/c1-5-9(2)15(4)8-10-6-14-11(12-3)7-13-10/h6-7,9H,5,8H2,1-4H3,(H,12,14). The quantitative estimate of drug-likeness (QED) is 0.800. The summed E-state index contributed by atoms with van der Waals surface area (Å²) in [5, 5.41) is 2.95. The van der Waals surface area contributed by atoms with Crippen LogP contribution in [0.1, 0.15) is 26.0 Å². The first-order valence-corrected chi connectivity index (χ1v) is 5.36. The van der Waals surface area contributed by atoms with Crippen molar-refractivity contribution in [3.63, 3.8) is 0 Å². The van der Waals surface area contributed by atoms with Crippen LogP contribution in [0.2, 0.25) is 0 Å². The number of anilines is 1. The van der Waals surface area contributed by atoms with Crippen molar-refractivity contribution in [1.82, 2.24) is 14.9 Å². The van der Waals surface area contributed by atoms with E-state index >= 15 is 0 Å². The second-order valence-electron chi connectivity index (χ2n) is 3.82. The molecule has 1 unspecified atom stereocenters. The van der Waals surface area contributed by atoms with Crippen molar-refractivity contribution in [2.75, 3.05) is 19.4 Å². The van der Waals surface area contributed by atoms with Gasteiger partial charge in [-0.15, -0.1) is 0 Å². The minimum atomic E-state index is 0.579. The van der Waals surface area contributed by atoms with Gasteiger partial charge < -0.3 is 5.32 Å². The Morgan fingerprint density at radius 1 is 1.40 bits per heavy atom. The van der Waals surface area contributed by atoms with E-state index in [2.05, 4.69) is 41.1 Å². The summed E-state index contributed by atoms with van der Waals surface area (Å²) < 4.78 is 0. The van der Waals surface area contributed by atoms with Gasteiger partial charge in [0.15, 0.2) is 0 Å². The maximum Gasteiger partial charge on any atom is 0.144 e. The molecule has 0 spiro atoms. The summed E-state index contributed by atoms with van der Waals surface area (Å²) in [4.78, 5) is 10.9. The lowest BCUT2D eigenvalue weighted by Gasteiger charge is -2.22. The Labute approximate surface area is 91.7 Å². The van der Waals surface area contributed by atoms with E-state index in [-0.39, 0.29) is 0 Å². The predicted molar refractivity (Wildman–Crippen MR) is 62.8 cm³/mol. The number of nitrogens with zero attached hydrogens (tertiary/aromatic N) is 3. The lowest BCUT2D eigenvalue weighted by molar-refractivity contribution is 0.241. The third-order valence-electron chi connectivity index (χ3n) is 2.72. The molecular weight excluding hydrogens is 188 g/mol. The highest BCUT2D eigenvalue weighted by Gasteiger charge is 2.07. The van der Waals surface area contributed by atoms with E-state index in [0.717, 1.165) is 24.5 Å². The average Bonchev–Trinajstić information content (AvgIpc) is 2.29. The van der Waals surface area contributed by atoms with Crippen molar-refractivity contribution in [2.24, 2.45) is 0 Å². The van der Waals surface area contributed by atoms with Crippen molar-refractivity contribution in [1.29, 1.82) is 0 Å². The fourth-order valence-corrected chi connectivity index (χ4v) is 1.29. The number of rotatable bonds is 5. The Morgan fingerprint density at radius 3 is 2.60 bits per heavy atom. The number of hydrogen-bond donors (Lipinski definition) is 1. The summed E-state index contributed by atoms with van der Waals surface area (Å²) in [6, 6.07) is 0.579. The molecule has 4 nitrogen and oxygen atoms in total. The zero-order valence-corrected chi connectivity index (χ0v) is 9.99. The molecule has 15 heavy (non-hydrogen) atoms. The van der Waals surface area contributed by atoms with Gasteiger partial charge in [-0.1, -0.05) is 6.92 Å². The third kappa shape index (κ3) is 3.47. The Bertz CT molecular complexity index is 283. The number of hydrogen-bond acceptors (Lipinski definition) is 4. The first kappa shape index (κ1) is 11.9. The molecule has 0 bridgehead atoms. The minimum Gasteiger partial charge on any atom is -0.372 e. The lowest BCUT2D eigenvalue weighted by atomic mass is 10.2. The summed E-state index contributed by atoms with van der Waals surface area (Å²) in [5.74, 6) is 0.810. The topological polar surface area (TPSA) is 41.1 Å². The molecule has 0 aliphatic heterocycles. The van der Waals surface area contributed by atoms with Crippen LogP contribution < -0.4 is 5.32 Å². The van der Waals surface area contributed by atoms with Gasteiger partial charge in [0.2, 0.25) is 0 Å². The van der Waals surface area contributed by atoms with E-state index in [9.17, 15) is 0 Å². The fourth-order valence-electron chi connectivity index (χ4n) is 1.29. The molecule has 0 radical (unpaired) electrons. The van der Waals surface area contributed by atoms with Crippen LogP contribution in [0.5, 0.6) is 0 Å². The third-order valence-corrected chi connectivity index (χ3v) is 2.72. The molecule has 0 saturated heterocycles. The molecule has 0 amide bonds. The first-order valence-electron chi connectivity index (χ1n) is 5.36. The molecule has 1 aromatic heterocycles. The lowest BCUT2D eigenvalue weighted by Crippen LogP contribution is -2.28. The molecular formula is C11H20N4. The Balaban J connectivity index is 2.57. The molecule has 0 aromatic carbocycles. The first-order chi connectivity index (χ1) is 7.17. The fraction of sp³-hybridized carbons (Fsp3) is 0.636. The van der Waals surface area contributed by atoms with Crippen LogP contribution in [0.25, 0.3) is 0 Å². The van der Waals surface area contributed by atoms with Crippen LogP contribution in [0.3, 0.4) is 0 Å². The second kappa shape index (κ2) is 5.66. The largest absolute Gasteiger partial charge is 0.372 e. The van der Waals surface area contributed by atoms with E-state index in [0.29, 0.717) is 6.04 Å². The smallest absolute Gasteiger partial charge is 0.144 e. The Morgan fingerprint density at radius 2 is 2.13 bits per heavy atom. The van der Waals surface area contributed by atoms with Crippen LogP contribution >= 0.6 is 0 Å². The molecule has 0 fully saturated rings. The van der Waals surface area contributed by atoms with E-state index in [1.54, 1.807) is 6.20 Å². The van der Waals surface area contributed by atoms with Crippen molar-refractivity contribution in [2.45, 2.75) is 32.9 Å². The molecule has 1 N–H and O–H groups in total. The van der Waals surface area contributed by atoms with Gasteiger partial charge in [-0.3, -0.25) is 9.88 Å². The Hall–Kier alpha value is -1.16. The highest BCUT2D eigenvalue weighted by atomic mass is 15.1. The summed E-state index contributed by atoms with van der Waals surface area (Å²) in [6.45, 7) is 5.26. The van der Waals surface area contributed by atoms with Crippen LogP contribution in [0.4, 0.5) is 5.82 Å². The maximum atomic E-state index is 4.34. The summed E-state index contributed by atoms with van der Waals surface area (Å²) >= 11 is 0. The monoisotopic (exact) mass is 208 g/mol. The van der Waals surface area contributed by atoms with Gasteiger partial charge in [0, 0.05) is 19.6 Å². The Kier molecular flexibility index (Phi) is 4.49. The van der Waals surface area contributed by atoms with E-state index < -0.39 is 0 Å². The van der Waals surface area contributed by atoms with E-state index in [1.807, 2.05) is 13.2 Å². The van der Waals surface area contributed by atoms with Crippen LogP contribution in [0, 0.1) is 0 Å². The van der Waals surface area contributed by atoms with E-state index in [1.165, 1.54) is 0 Å². The highest BCUT2D eigenvalue weighted by Crippen LogP contribution is 2.06. The zero-order valence-electron chi connectivity index (χ0n) is 9.99. The molecule has 1 atom stereocenters. The highest BCUT2D eigenvalue weighted by molar-refractivity contribution is 5.29. The van der Waals surface area contributed by atoms with Crippen LogP contribution in [-0.4, -0.2) is 35.0 Å². The summed E-state index contributed by atoms with van der Waals surface area (Å²) in [5.41, 5.74) is 1.01. The number of nitrogens with one attached hydrogen (secondary N) is 1.